The van der Waals surface area contributed by atoms with Crippen LogP contribution in [0, 0.1) is 0 Å². The number of nitrogens with zero attached hydrogens (tertiary/aromatic N) is 2. The van der Waals surface area contributed by atoms with Gasteiger partial charge in [-0.25, -0.2) is 0 Å². The first-order valence-electron chi connectivity index (χ1n) is 5.69. The summed E-state index contributed by atoms with van der Waals surface area (Å²) < 4.78 is 12.7. The first kappa shape index (κ1) is 15.2. The fourth-order valence-corrected chi connectivity index (χ4v) is 2.14. The van der Waals surface area contributed by atoms with Gasteiger partial charge in [-0.2, -0.15) is 0 Å². The van der Waals surface area contributed by atoms with Gasteiger partial charge in [0.25, 0.3) is 5.91 Å². The number of rotatable bonds is 7. The Hall–Kier alpha value is -0.850. The topological polar surface area (TPSA) is 43.7 Å². The zero-order valence-electron chi connectivity index (χ0n) is 11.0. The van der Waals surface area contributed by atoms with Gasteiger partial charge in [0.05, 0.1) is 13.2 Å². The minimum absolute atomic E-state index is 0.0164. The van der Waals surface area contributed by atoms with Crippen LogP contribution in [0.1, 0.15) is 10.5 Å². The Labute approximate surface area is 116 Å². The lowest BCUT2D eigenvalue weighted by atomic mass is 10.3. The Morgan fingerprint density at radius 3 is 2.28 bits per heavy atom. The van der Waals surface area contributed by atoms with Crippen molar-refractivity contribution in [3.8, 4) is 0 Å². The summed E-state index contributed by atoms with van der Waals surface area (Å²) in [4.78, 5) is 14.1. The van der Waals surface area contributed by atoms with Gasteiger partial charge in [-0.15, -0.1) is 0 Å². The lowest BCUT2D eigenvalue weighted by Crippen LogP contribution is -2.37. The van der Waals surface area contributed by atoms with Crippen LogP contribution in [0.15, 0.2) is 16.7 Å². The number of carbonyl (C=O) groups is 1. The van der Waals surface area contributed by atoms with Crippen LogP contribution in [0.4, 0.5) is 0 Å². The molecule has 1 heterocycles. The van der Waals surface area contributed by atoms with Gasteiger partial charge in [0.15, 0.2) is 0 Å². The lowest BCUT2D eigenvalue weighted by molar-refractivity contribution is 0.0618. The molecule has 0 radical (unpaired) electrons. The summed E-state index contributed by atoms with van der Waals surface area (Å²) in [5.74, 6) is -0.0164. The van der Waals surface area contributed by atoms with E-state index in [1.807, 2.05) is 19.3 Å². The molecule has 0 aliphatic heterocycles. The number of hydrogen-bond acceptors (Lipinski definition) is 3. The molecule has 0 aliphatic carbocycles. The van der Waals surface area contributed by atoms with Crippen LogP contribution in [-0.2, 0) is 16.5 Å². The molecule has 1 rings (SSSR count). The Morgan fingerprint density at radius 2 is 1.89 bits per heavy atom. The third-order valence-corrected chi connectivity index (χ3v) is 3.04. The summed E-state index contributed by atoms with van der Waals surface area (Å²) in [6.07, 6.45) is 1.86. The average molecular weight is 319 g/mol. The van der Waals surface area contributed by atoms with E-state index in [9.17, 15) is 4.79 Å². The molecule has 0 unspecified atom stereocenters. The highest BCUT2D eigenvalue weighted by Crippen LogP contribution is 2.15. The minimum atomic E-state index is -0.0164. The van der Waals surface area contributed by atoms with Crippen LogP contribution in [0.5, 0.6) is 0 Å². The molecule has 0 N–H and O–H groups in total. The summed E-state index contributed by atoms with van der Waals surface area (Å²) in [6.45, 7) is 2.14. The summed E-state index contributed by atoms with van der Waals surface area (Å²) in [5, 5.41) is 0. The third-order valence-electron chi connectivity index (χ3n) is 2.61. The fourth-order valence-electron chi connectivity index (χ4n) is 1.62. The number of halogens is 1. The largest absolute Gasteiger partial charge is 0.383 e. The van der Waals surface area contributed by atoms with E-state index in [0.717, 1.165) is 4.47 Å². The summed E-state index contributed by atoms with van der Waals surface area (Å²) in [7, 11) is 5.10. The van der Waals surface area contributed by atoms with E-state index in [0.29, 0.717) is 32.0 Å². The van der Waals surface area contributed by atoms with Crippen LogP contribution >= 0.6 is 15.9 Å². The first-order chi connectivity index (χ1) is 8.60. The van der Waals surface area contributed by atoms with Crippen LogP contribution in [0.3, 0.4) is 0 Å². The minimum Gasteiger partial charge on any atom is -0.383 e. The van der Waals surface area contributed by atoms with E-state index >= 15 is 0 Å². The Kier molecular flexibility index (Phi) is 6.38. The molecule has 0 spiro atoms. The highest BCUT2D eigenvalue weighted by Gasteiger charge is 2.18. The van der Waals surface area contributed by atoms with Crippen molar-refractivity contribution in [1.82, 2.24) is 9.47 Å². The van der Waals surface area contributed by atoms with Gasteiger partial charge in [0.2, 0.25) is 0 Å². The van der Waals surface area contributed by atoms with E-state index in [2.05, 4.69) is 15.9 Å². The summed E-state index contributed by atoms with van der Waals surface area (Å²) in [6, 6.07) is 1.81. The van der Waals surface area contributed by atoms with E-state index in [1.165, 1.54) is 0 Å². The number of ether oxygens (including phenoxy) is 2. The number of hydrogen-bond donors (Lipinski definition) is 0. The predicted octanol–water partition coefficient (Wildman–Crippen LogP) is 1.52. The van der Waals surface area contributed by atoms with Crippen LogP contribution < -0.4 is 0 Å². The molecule has 5 nitrogen and oxygen atoms in total. The lowest BCUT2D eigenvalue weighted by Gasteiger charge is -2.22. The van der Waals surface area contributed by atoms with E-state index in [4.69, 9.17) is 9.47 Å². The molecule has 6 heteroatoms. The van der Waals surface area contributed by atoms with Crippen molar-refractivity contribution in [1.29, 1.82) is 0 Å². The van der Waals surface area contributed by atoms with Crippen molar-refractivity contribution in [2.24, 2.45) is 7.05 Å². The zero-order valence-corrected chi connectivity index (χ0v) is 12.6. The van der Waals surface area contributed by atoms with Gasteiger partial charge in [-0.05, 0) is 22.0 Å². The molecule has 1 aromatic rings. The molecule has 1 aromatic heterocycles. The smallest absolute Gasteiger partial charge is 0.270 e. The van der Waals surface area contributed by atoms with Crippen molar-refractivity contribution in [2.45, 2.75) is 0 Å². The zero-order chi connectivity index (χ0) is 13.5. The van der Waals surface area contributed by atoms with E-state index in [1.54, 1.807) is 23.7 Å². The second kappa shape index (κ2) is 7.56. The van der Waals surface area contributed by atoms with Gasteiger partial charge < -0.3 is 18.9 Å². The number of carbonyl (C=O) groups excluding carboxylic acids is 1. The van der Waals surface area contributed by atoms with Crippen molar-refractivity contribution in [3.05, 3.63) is 22.4 Å². The van der Waals surface area contributed by atoms with Gasteiger partial charge in [0.1, 0.15) is 5.69 Å². The molecule has 0 atom stereocenters. The normalized spacial score (nSPS) is 10.7. The van der Waals surface area contributed by atoms with Crippen LogP contribution in [-0.4, -0.2) is 55.9 Å². The maximum absolute atomic E-state index is 12.4. The number of methoxy groups -OCH3 is 2. The molecule has 1 amide bonds. The van der Waals surface area contributed by atoms with Crippen LogP contribution in [0.25, 0.3) is 0 Å². The van der Waals surface area contributed by atoms with Crippen molar-refractivity contribution in [3.63, 3.8) is 0 Å². The molecule has 102 valence electrons. The summed E-state index contributed by atoms with van der Waals surface area (Å²) >= 11 is 3.36. The van der Waals surface area contributed by atoms with Gasteiger partial charge in [0, 0.05) is 45.0 Å². The predicted molar refractivity (Wildman–Crippen MR) is 72.8 cm³/mol. The molecule has 0 fully saturated rings. The van der Waals surface area contributed by atoms with Crippen molar-refractivity contribution >= 4 is 21.8 Å². The molecule has 18 heavy (non-hydrogen) atoms. The molecular weight excluding hydrogens is 300 g/mol. The number of aromatic nitrogens is 1. The van der Waals surface area contributed by atoms with Crippen molar-refractivity contribution < 1.29 is 14.3 Å². The molecule has 0 saturated heterocycles. The Balaban J connectivity index is 2.77. The van der Waals surface area contributed by atoms with Gasteiger partial charge in [-0.3, -0.25) is 4.79 Å². The highest BCUT2D eigenvalue weighted by atomic mass is 79.9. The third kappa shape index (κ3) is 4.12. The maximum atomic E-state index is 12.4. The van der Waals surface area contributed by atoms with E-state index in [-0.39, 0.29) is 5.91 Å². The Morgan fingerprint density at radius 1 is 1.33 bits per heavy atom. The SMILES string of the molecule is COCCN(CCOC)C(=O)c1cc(Br)cn1C. The second-order valence-electron chi connectivity index (χ2n) is 3.93. The standard InChI is InChI=1S/C12H19BrN2O3/c1-14-9-10(13)8-11(14)12(16)15(4-6-17-2)5-7-18-3/h8-9H,4-7H2,1-3H3. The molecule has 0 bridgehead atoms. The van der Waals surface area contributed by atoms with E-state index < -0.39 is 0 Å². The summed E-state index contributed by atoms with van der Waals surface area (Å²) in [5.41, 5.74) is 0.647. The first-order valence-corrected chi connectivity index (χ1v) is 6.48. The monoisotopic (exact) mass is 318 g/mol. The molecule has 0 saturated carbocycles. The highest BCUT2D eigenvalue weighted by molar-refractivity contribution is 9.10. The van der Waals surface area contributed by atoms with Gasteiger partial charge in [-0.1, -0.05) is 0 Å². The van der Waals surface area contributed by atoms with Crippen LogP contribution in [0.2, 0.25) is 0 Å². The molecule has 0 aliphatic rings. The quantitative estimate of drug-likeness (QED) is 0.765. The Bertz CT molecular complexity index is 385. The molecule has 0 aromatic carbocycles. The second-order valence-corrected chi connectivity index (χ2v) is 4.85. The fraction of sp³-hybridized carbons (Fsp3) is 0.583. The number of aryl methyl sites for hydroxylation is 1. The van der Waals surface area contributed by atoms with Gasteiger partial charge >= 0.3 is 0 Å². The number of amides is 1. The molecular formula is C12H19BrN2O3. The van der Waals surface area contributed by atoms with Crippen molar-refractivity contribution in [2.75, 3.05) is 40.5 Å². The maximum Gasteiger partial charge on any atom is 0.270 e. The average Bonchev–Trinajstić information content (AvgIpc) is 2.68.